The lowest BCUT2D eigenvalue weighted by Crippen LogP contribution is -2.31. The molecule has 0 aliphatic heterocycles. The van der Waals surface area contributed by atoms with E-state index in [2.05, 4.69) is 63.7 Å². The van der Waals surface area contributed by atoms with Gasteiger partial charge in [-0.1, -0.05) is 23.4 Å². The van der Waals surface area contributed by atoms with E-state index in [1.807, 2.05) is 13.0 Å². The molecule has 2 aromatic heterocycles. The maximum absolute atomic E-state index is 12.4. The van der Waals surface area contributed by atoms with Gasteiger partial charge >= 0.3 is 0 Å². The SMILES string of the molecule is CCn1c2ccccc2c2cc(N[C@@H](C)C(=O)Nc3cc(C)on3)ccc21. The number of fused-ring (bicyclic) bond motifs is 3. The van der Waals surface area contributed by atoms with Gasteiger partial charge in [-0.25, -0.2) is 0 Å². The van der Waals surface area contributed by atoms with Gasteiger partial charge in [0.05, 0.1) is 0 Å². The van der Waals surface area contributed by atoms with E-state index in [0.29, 0.717) is 11.6 Å². The molecule has 2 heterocycles. The number of amides is 1. The summed E-state index contributed by atoms with van der Waals surface area (Å²) in [6, 6.07) is 15.9. The van der Waals surface area contributed by atoms with Gasteiger partial charge in [0.1, 0.15) is 11.8 Å². The molecule has 0 saturated carbocycles. The summed E-state index contributed by atoms with van der Waals surface area (Å²) in [7, 11) is 0. The number of carbonyl (C=O) groups is 1. The van der Waals surface area contributed by atoms with Crippen LogP contribution in [0.15, 0.2) is 53.1 Å². The topological polar surface area (TPSA) is 72.1 Å². The lowest BCUT2D eigenvalue weighted by molar-refractivity contribution is -0.116. The number of aryl methyl sites for hydroxylation is 2. The number of carbonyl (C=O) groups excluding carboxylic acids is 1. The van der Waals surface area contributed by atoms with E-state index in [1.54, 1.807) is 13.0 Å². The smallest absolute Gasteiger partial charge is 0.247 e. The molecule has 0 fully saturated rings. The molecule has 1 atom stereocenters. The zero-order valence-corrected chi connectivity index (χ0v) is 15.6. The van der Waals surface area contributed by atoms with Crippen LogP contribution in [0, 0.1) is 6.92 Å². The quantitative estimate of drug-likeness (QED) is 0.546. The van der Waals surface area contributed by atoms with Crippen molar-refractivity contribution in [3.8, 4) is 0 Å². The third-order valence-electron chi connectivity index (χ3n) is 4.74. The van der Waals surface area contributed by atoms with Crippen molar-refractivity contribution in [2.24, 2.45) is 0 Å². The van der Waals surface area contributed by atoms with Crippen molar-refractivity contribution >= 4 is 39.2 Å². The zero-order chi connectivity index (χ0) is 19.0. The molecule has 0 spiro atoms. The van der Waals surface area contributed by atoms with Gasteiger partial charge in [0.2, 0.25) is 5.91 Å². The summed E-state index contributed by atoms with van der Waals surface area (Å²) in [6.45, 7) is 6.66. The number of hydrogen-bond acceptors (Lipinski definition) is 4. The molecule has 6 nitrogen and oxygen atoms in total. The Bertz CT molecular complexity index is 1130. The standard InChI is InChI=1S/C21H22N4O2/c1-4-25-18-8-6-5-7-16(18)17-12-15(9-10-19(17)25)22-14(3)21(26)23-20-11-13(2)27-24-20/h5-12,14,22H,4H2,1-3H3,(H,23,24,26)/t14-/m0/s1. The Morgan fingerprint density at radius 2 is 1.93 bits per heavy atom. The molecule has 0 radical (unpaired) electrons. The molecule has 2 N–H and O–H groups in total. The van der Waals surface area contributed by atoms with Crippen molar-refractivity contribution in [3.63, 3.8) is 0 Å². The molecule has 4 aromatic rings. The first-order chi connectivity index (χ1) is 13.1. The van der Waals surface area contributed by atoms with E-state index in [-0.39, 0.29) is 5.91 Å². The van der Waals surface area contributed by atoms with Crippen LogP contribution in [0.4, 0.5) is 11.5 Å². The van der Waals surface area contributed by atoms with Crippen LogP contribution < -0.4 is 10.6 Å². The Morgan fingerprint density at radius 3 is 2.67 bits per heavy atom. The molecule has 1 amide bonds. The number of nitrogens with zero attached hydrogens (tertiary/aromatic N) is 2. The molecule has 4 rings (SSSR count). The fraction of sp³-hybridized carbons (Fsp3) is 0.238. The van der Waals surface area contributed by atoms with E-state index in [0.717, 1.165) is 12.2 Å². The van der Waals surface area contributed by atoms with Crippen LogP contribution in [0.5, 0.6) is 0 Å². The maximum Gasteiger partial charge on any atom is 0.247 e. The Morgan fingerprint density at radius 1 is 1.15 bits per heavy atom. The third kappa shape index (κ3) is 3.14. The first-order valence-corrected chi connectivity index (χ1v) is 9.08. The predicted octanol–water partition coefficient (Wildman–Crippen LogP) is 4.55. The molecule has 0 aliphatic carbocycles. The molecule has 6 heteroatoms. The van der Waals surface area contributed by atoms with Crippen molar-refractivity contribution in [2.45, 2.75) is 33.4 Å². The first kappa shape index (κ1) is 17.1. The number of aromatic nitrogens is 2. The summed E-state index contributed by atoms with van der Waals surface area (Å²) in [6.07, 6.45) is 0. The number of hydrogen-bond donors (Lipinski definition) is 2. The van der Waals surface area contributed by atoms with Crippen LogP contribution in [0.1, 0.15) is 19.6 Å². The summed E-state index contributed by atoms with van der Waals surface area (Å²) in [5, 5.41) is 12.2. The van der Waals surface area contributed by atoms with Gasteiger partial charge in [0.15, 0.2) is 5.82 Å². The largest absolute Gasteiger partial charge is 0.374 e. The average molecular weight is 362 g/mol. The summed E-state index contributed by atoms with van der Waals surface area (Å²) >= 11 is 0. The average Bonchev–Trinajstić information content (AvgIpc) is 3.22. The highest BCUT2D eigenvalue weighted by molar-refractivity contribution is 6.09. The van der Waals surface area contributed by atoms with Crippen LogP contribution in [0.25, 0.3) is 21.8 Å². The summed E-state index contributed by atoms with van der Waals surface area (Å²) in [5.41, 5.74) is 3.32. The third-order valence-corrected chi connectivity index (χ3v) is 4.74. The summed E-state index contributed by atoms with van der Waals surface area (Å²) in [5.74, 6) is 0.913. The van der Waals surface area contributed by atoms with Crippen molar-refractivity contribution in [2.75, 3.05) is 10.6 Å². The lowest BCUT2D eigenvalue weighted by atomic mass is 10.1. The minimum absolute atomic E-state index is 0.167. The van der Waals surface area contributed by atoms with Crippen LogP contribution in [-0.2, 0) is 11.3 Å². The highest BCUT2D eigenvalue weighted by Crippen LogP contribution is 2.31. The second-order valence-electron chi connectivity index (χ2n) is 6.67. The number of nitrogens with one attached hydrogen (secondary N) is 2. The van der Waals surface area contributed by atoms with Crippen molar-refractivity contribution < 1.29 is 9.32 Å². The highest BCUT2D eigenvalue weighted by atomic mass is 16.5. The van der Waals surface area contributed by atoms with Crippen LogP contribution in [-0.4, -0.2) is 21.7 Å². The molecular weight excluding hydrogens is 340 g/mol. The van der Waals surface area contributed by atoms with E-state index < -0.39 is 6.04 Å². The number of benzene rings is 2. The van der Waals surface area contributed by atoms with Gasteiger partial charge in [0, 0.05) is 40.1 Å². The first-order valence-electron chi connectivity index (χ1n) is 9.08. The molecule has 0 bridgehead atoms. The van der Waals surface area contributed by atoms with E-state index in [9.17, 15) is 4.79 Å². The Labute approximate surface area is 157 Å². The van der Waals surface area contributed by atoms with E-state index in [1.165, 1.54) is 21.8 Å². The molecule has 2 aromatic carbocycles. The van der Waals surface area contributed by atoms with Crippen molar-refractivity contribution in [3.05, 3.63) is 54.3 Å². The molecule has 0 saturated heterocycles. The predicted molar refractivity (Wildman–Crippen MR) is 108 cm³/mol. The van der Waals surface area contributed by atoms with Gasteiger partial charge in [0.25, 0.3) is 0 Å². The Balaban J connectivity index is 1.60. The Hall–Kier alpha value is -3.28. The minimum atomic E-state index is -0.418. The minimum Gasteiger partial charge on any atom is -0.374 e. The van der Waals surface area contributed by atoms with Crippen molar-refractivity contribution in [1.82, 2.24) is 9.72 Å². The molecule has 0 unspecified atom stereocenters. The normalized spacial score (nSPS) is 12.4. The number of rotatable bonds is 5. The number of anilines is 2. The second kappa shape index (κ2) is 6.79. The van der Waals surface area contributed by atoms with Gasteiger partial charge in [-0.3, -0.25) is 4.79 Å². The second-order valence-corrected chi connectivity index (χ2v) is 6.67. The Kier molecular flexibility index (Phi) is 4.32. The van der Waals surface area contributed by atoms with Gasteiger partial charge in [-0.05, 0) is 45.0 Å². The number of para-hydroxylation sites is 1. The van der Waals surface area contributed by atoms with Gasteiger partial charge in [-0.2, -0.15) is 0 Å². The monoisotopic (exact) mass is 362 g/mol. The molecule has 27 heavy (non-hydrogen) atoms. The lowest BCUT2D eigenvalue weighted by Gasteiger charge is -2.14. The summed E-state index contributed by atoms with van der Waals surface area (Å²) < 4.78 is 7.28. The fourth-order valence-electron chi connectivity index (χ4n) is 3.46. The van der Waals surface area contributed by atoms with Crippen LogP contribution >= 0.6 is 0 Å². The summed E-state index contributed by atoms with van der Waals surface area (Å²) in [4.78, 5) is 12.4. The van der Waals surface area contributed by atoms with E-state index >= 15 is 0 Å². The fourth-order valence-corrected chi connectivity index (χ4v) is 3.46. The van der Waals surface area contributed by atoms with Crippen molar-refractivity contribution in [1.29, 1.82) is 0 Å². The van der Waals surface area contributed by atoms with Crippen LogP contribution in [0.2, 0.25) is 0 Å². The zero-order valence-electron chi connectivity index (χ0n) is 15.6. The maximum atomic E-state index is 12.4. The van der Waals surface area contributed by atoms with Gasteiger partial charge < -0.3 is 19.7 Å². The molecule has 0 aliphatic rings. The highest BCUT2D eigenvalue weighted by Gasteiger charge is 2.16. The van der Waals surface area contributed by atoms with Gasteiger partial charge in [-0.15, -0.1) is 0 Å². The molecule has 138 valence electrons. The molecular formula is C21H22N4O2. The van der Waals surface area contributed by atoms with Crippen LogP contribution in [0.3, 0.4) is 0 Å². The van der Waals surface area contributed by atoms with E-state index in [4.69, 9.17) is 4.52 Å².